The van der Waals surface area contributed by atoms with Gasteiger partial charge in [0, 0.05) is 11.0 Å². The number of alkyl halides is 1. The summed E-state index contributed by atoms with van der Waals surface area (Å²) in [7, 11) is 1.20. The number of aromatic nitrogens is 1. The van der Waals surface area contributed by atoms with Gasteiger partial charge in [0.05, 0.1) is 11.8 Å². The van der Waals surface area contributed by atoms with Gasteiger partial charge < -0.3 is 25.3 Å². The van der Waals surface area contributed by atoms with E-state index < -0.39 is 64.9 Å². The highest BCUT2D eigenvalue weighted by atomic mass is 35.5. The normalized spacial score (nSPS) is 18.9. The minimum Gasteiger partial charge on any atom is -0.477 e. The van der Waals surface area contributed by atoms with Gasteiger partial charge >= 0.3 is 11.9 Å². The van der Waals surface area contributed by atoms with Gasteiger partial charge in [0.1, 0.15) is 48.6 Å². The van der Waals surface area contributed by atoms with Gasteiger partial charge in [0.25, 0.3) is 5.91 Å². The molecule has 2 aliphatic heterocycles. The van der Waals surface area contributed by atoms with Crippen molar-refractivity contribution in [2.24, 2.45) is 5.16 Å². The molecule has 37 heavy (non-hydrogen) atoms. The number of hydrogen-bond donors (Lipinski definition) is 3. The average molecular weight is 574 g/mol. The Balaban J connectivity index is 1.88. The van der Waals surface area contributed by atoms with Crippen molar-refractivity contribution in [3.63, 3.8) is 0 Å². The molecule has 0 saturated carbocycles. The van der Waals surface area contributed by atoms with Crippen LogP contribution in [0.2, 0.25) is 0 Å². The first kappa shape index (κ1) is 28.1. The number of fused-ring (bicyclic) bond motifs is 1. The van der Waals surface area contributed by atoms with Gasteiger partial charge in [-0.05, 0) is 6.92 Å². The van der Waals surface area contributed by atoms with Crippen LogP contribution < -0.4 is 10.6 Å². The molecule has 0 bridgehead atoms. The number of ketones is 1. The number of anilines is 1. The second-order valence-corrected chi connectivity index (χ2v) is 9.89. The van der Waals surface area contributed by atoms with Gasteiger partial charge in [0.15, 0.2) is 10.8 Å². The molecule has 1 unspecified atom stereocenters. The summed E-state index contributed by atoms with van der Waals surface area (Å²) >= 11 is 7.54. The molecule has 0 spiro atoms. The van der Waals surface area contributed by atoms with Crippen molar-refractivity contribution >= 4 is 81.0 Å². The molecule has 1 aromatic rings. The number of thioether (sulfide) groups is 1. The molecule has 3 amide bonds. The van der Waals surface area contributed by atoms with E-state index in [1.54, 1.807) is 0 Å². The van der Waals surface area contributed by atoms with E-state index in [2.05, 4.69) is 20.8 Å². The average Bonchev–Trinajstić information content (AvgIpc) is 3.27. The van der Waals surface area contributed by atoms with Crippen molar-refractivity contribution < 1.29 is 43.4 Å². The maximum atomic E-state index is 13.2. The van der Waals surface area contributed by atoms with Crippen LogP contribution in [0.5, 0.6) is 0 Å². The third kappa shape index (κ3) is 6.64. The highest BCUT2D eigenvalue weighted by molar-refractivity contribution is 8.00. The fourth-order valence-corrected chi connectivity index (χ4v) is 5.47. The highest BCUT2D eigenvalue weighted by Crippen LogP contribution is 2.43. The number of carbonyl (C=O) groups excluding carboxylic acids is 5. The van der Waals surface area contributed by atoms with Gasteiger partial charge in [0.2, 0.25) is 11.8 Å². The van der Waals surface area contributed by atoms with Crippen LogP contribution in [0.15, 0.2) is 21.8 Å². The van der Waals surface area contributed by atoms with Gasteiger partial charge in [-0.25, -0.2) is 9.78 Å². The number of aliphatic carboxylic acids is 1. The van der Waals surface area contributed by atoms with Gasteiger partial charge in [-0.2, -0.15) is 0 Å². The summed E-state index contributed by atoms with van der Waals surface area (Å²) < 4.78 is 5.07. The predicted molar refractivity (Wildman–Crippen MR) is 131 cm³/mol. The van der Waals surface area contributed by atoms with E-state index in [0.717, 1.165) is 28.0 Å². The molecule has 2 atom stereocenters. The first-order valence-corrected chi connectivity index (χ1v) is 12.7. The number of thiazole rings is 1. The summed E-state index contributed by atoms with van der Waals surface area (Å²) in [5.74, 6) is -4.88. The summed E-state index contributed by atoms with van der Waals surface area (Å²) in [6.45, 7) is 0.595. The van der Waals surface area contributed by atoms with E-state index >= 15 is 0 Å². The lowest BCUT2D eigenvalue weighted by Crippen LogP contribution is -2.58. The van der Waals surface area contributed by atoms with Crippen molar-refractivity contribution in [3.8, 4) is 0 Å². The molecule has 0 radical (unpaired) electrons. The Kier molecular flexibility index (Phi) is 9.23. The van der Waals surface area contributed by atoms with Crippen LogP contribution in [0.1, 0.15) is 25.5 Å². The molecule has 1 aromatic heterocycles. The smallest absolute Gasteiger partial charge is 0.352 e. The SMILES string of the molecule is CON=C(C(=O)NC1S[C@H]2CC(=O)N2C(C(=O)O)=C1COC(=O)CC(C)=O)c1csc(NC(=O)CCl)n1. The Morgan fingerprint density at radius 3 is 2.65 bits per heavy atom. The molecule has 198 valence electrons. The Labute approximate surface area is 222 Å². The van der Waals surface area contributed by atoms with Crippen LogP contribution in [0.25, 0.3) is 0 Å². The third-order valence-corrected chi connectivity index (χ3v) is 7.19. The number of ether oxygens (including phenoxy) is 1. The zero-order chi connectivity index (χ0) is 27.3. The van der Waals surface area contributed by atoms with E-state index in [0.29, 0.717) is 0 Å². The first-order chi connectivity index (χ1) is 17.5. The summed E-state index contributed by atoms with van der Waals surface area (Å²) in [6, 6.07) is 0. The Hall–Kier alpha value is -3.50. The second-order valence-electron chi connectivity index (χ2n) is 7.47. The molecule has 3 heterocycles. The number of carboxylic acid groups (broad SMARTS) is 1. The highest BCUT2D eigenvalue weighted by Gasteiger charge is 2.49. The van der Waals surface area contributed by atoms with Crippen molar-refractivity contribution in [2.45, 2.75) is 30.5 Å². The summed E-state index contributed by atoms with van der Waals surface area (Å²) in [5.41, 5.74) is -0.738. The van der Waals surface area contributed by atoms with Crippen LogP contribution in [0.4, 0.5) is 5.13 Å². The molecular weight excluding hydrogens is 554 g/mol. The number of halogens is 1. The van der Waals surface area contributed by atoms with Gasteiger partial charge in [-0.3, -0.25) is 28.9 Å². The van der Waals surface area contributed by atoms with Crippen molar-refractivity contribution in [2.75, 3.05) is 24.9 Å². The number of β-lactam (4-membered cyclic amide) rings is 1. The van der Waals surface area contributed by atoms with Crippen LogP contribution in [-0.4, -0.2) is 86.5 Å². The number of nitrogens with one attached hydrogen (secondary N) is 2. The van der Waals surface area contributed by atoms with Gasteiger partial charge in [-0.1, -0.05) is 5.16 Å². The minimum absolute atomic E-state index is 0.0416. The van der Waals surface area contributed by atoms with Crippen LogP contribution in [-0.2, 0) is 38.3 Å². The maximum absolute atomic E-state index is 13.2. The number of Topliss-reactive ketones (excluding diaryl/α,β-unsaturated/α-hetero) is 1. The molecular formula is C20H20ClN5O9S2. The quantitative estimate of drug-likeness (QED) is 0.0821. The zero-order valence-corrected chi connectivity index (χ0v) is 21.7. The molecule has 0 aliphatic carbocycles. The lowest BCUT2D eigenvalue weighted by atomic mass is 10.1. The molecule has 17 heteroatoms. The number of nitrogens with zero attached hydrogens (tertiary/aromatic N) is 3. The van der Waals surface area contributed by atoms with E-state index in [-0.39, 0.29) is 34.4 Å². The van der Waals surface area contributed by atoms with Crippen LogP contribution in [0, 0.1) is 0 Å². The number of esters is 1. The van der Waals surface area contributed by atoms with E-state index in [1.807, 2.05) is 0 Å². The number of hydrogen-bond acceptors (Lipinski definition) is 12. The zero-order valence-electron chi connectivity index (χ0n) is 19.3. The van der Waals surface area contributed by atoms with Crippen LogP contribution >= 0.6 is 34.7 Å². The topological polar surface area (TPSA) is 194 Å². The number of amides is 3. The first-order valence-electron chi connectivity index (χ1n) is 10.4. The van der Waals surface area contributed by atoms with Gasteiger partial charge in [-0.15, -0.1) is 34.7 Å². The molecule has 0 aromatic carbocycles. The summed E-state index contributed by atoms with van der Waals surface area (Å²) in [6.07, 6.45) is -0.484. The monoisotopic (exact) mass is 573 g/mol. The Morgan fingerprint density at radius 2 is 2.05 bits per heavy atom. The molecule has 3 rings (SSSR count). The number of oxime groups is 1. The van der Waals surface area contributed by atoms with Crippen LogP contribution in [0.3, 0.4) is 0 Å². The second kappa shape index (κ2) is 12.2. The summed E-state index contributed by atoms with van der Waals surface area (Å²) in [5, 5.41) is 18.5. The molecule has 1 saturated heterocycles. The minimum atomic E-state index is -1.46. The lowest BCUT2D eigenvalue weighted by Gasteiger charge is -2.46. The molecule has 14 nitrogen and oxygen atoms in total. The Bertz CT molecular complexity index is 1210. The van der Waals surface area contributed by atoms with E-state index in [4.69, 9.17) is 21.2 Å². The number of carbonyl (C=O) groups is 6. The van der Waals surface area contributed by atoms with E-state index in [9.17, 15) is 33.9 Å². The molecule has 3 N–H and O–H groups in total. The third-order valence-electron chi connectivity index (χ3n) is 4.82. The molecule has 2 aliphatic rings. The van der Waals surface area contributed by atoms with E-state index in [1.165, 1.54) is 19.4 Å². The number of rotatable bonds is 11. The lowest BCUT2D eigenvalue weighted by molar-refractivity contribution is -0.147. The number of carboxylic acids is 1. The fourth-order valence-electron chi connectivity index (χ4n) is 3.28. The Morgan fingerprint density at radius 1 is 1.32 bits per heavy atom. The standard InChI is InChI=1S/C20H20ClN5O9S2/c1-8(27)3-14(30)35-6-9-16(19(32)33)26-12(29)4-13(26)37-18(9)24-17(31)15(25-34-2)10-7-36-20(22-10)23-11(28)5-21/h7,13,18H,3-6H2,1-2H3,(H,24,31)(H,32,33)(H,22,23,28)/t13-,18?/m0/s1. The fraction of sp³-hybridized carbons (Fsp3) is 0.400. The van der Waals surface area contributed by atoms with Crippen molar-refractivity contribution in [3.05, 3.63) is 22.3 Å². The van der Waals surface area contributed by atoms with Crippen molar-refractivity contribution in [1.82, 2.24) is 15.2 Å². The largest absolute Gasteiger partial charge is 0.477 e. The molecule has 1 fully saturated rings. The van der Waals surface area contributed by atoms with Crippen molar-refractivity contribution in [1.29, 1.82) is 0 Å². The predicted octanol–water partition coefficient (Wildman–Crippen LogP) is 0.279. The summed E-state index contributed by atoms with van der Waals surface area (Å²) in [4.78, 5) is 81.9. The maximum Gasteiger partial charge on any atom is 0.352 e.